The van der Waals surface area contributed by atoms with Crippen molar-refractivity contribution in [3.8, 4) is 0 Å². The fraction of sp³-hybridized carbons (Fsp3) is 0.533. The molecule has 1 fully saturated rings. The highest BCUT2D eigenvalue weighted by atomic mass is 35.5. The molecular formula is C15H21Cl3N2O2. The largest absolute Gasteiger partial charge is 0.387 e. The van der Waals surface area contributed by atoms with Crippen LogP contribution in [0.25, 0.3) is 0 Å². The summed E-state index contributed by atoms with van der Waals surface area (Å²) in [6.07, 6.45) is 1.71. The highest BCUT2D eigenvalue weighted by molar-refractivity contribution is 6.34. The van der Waals surface area contributed by atoms with Crippen LogP contribution in [0.3, 0.4) is 0 Å². The van der Waals surface area contributed by atoms with E-state index in [9.17, 15) is 9.90 Å². The van der Waals surface area contributed by atoms with Gasteiger partial charge in [0.05, 0.1) is 6.10 Å². The summed E-state index contributed by atoms with van der Waals surface area (Å²) in [7, 11) is 0. The summed E-state index contributed by atoms with van der Waals surface area (Å²) >= 11 is 11.8. The lowest BCUT2D eigenvalue weighted by Crippen LogP contribution is -2.28. The van der Waals surface area contributed by atoms with E-state index in [1.807, 2.05) is 0 Å². The Hall–Kier alpha value is -0.520. The maximum absolute atomic E-state index is 11.8. The molecule has 22 heavy (non-hydrogen) atoms. The average molecular weight is 368 g/mol. The van der Waals surface area contributed by atoms with Crippen LogP contribution in [-0.4, -0.2) is 30.6 Å². The Labute approximate surface area is 147 Å². The second-order valence-corrected chi connectivity index (χ2v) is 6.29. The molecule has 1 heterocycles. The minimum atomic E-state index is -0.807. The molecule has 1 saturated heterocycles. The van der Waals surface area contributed by atoms with Gasteiger partial charge in [0.15, 0.2) is 0 Å². The van der Waals surface area contributed by atoms with Crippen LogP contribution in [0, 0.1) is 5.92 Å². The Kier molecular flexibility index (Phi) is 8.50. The quantitative estimate of drug-likeness (QED) is 0.724. The van der Waals surface area contributed by atoms with Gasteiger partial charge in [-0.1, -0.05) is 23.2 Å². The summed E-state index contributed by atoms with van der Waals surface area (Å²) in [4.78, 5) is 11.8. The monoisotopic (exact) mass is 366 g/mol. The van der Waals surface area contributed by atoms with Crippen LogP contribution >= 0.6 is 35.6 Å². The number of carbonyl (C=O) groups excluding carboxylic acids is 1. The van der Waals surface area contributed by atoms with Gasteiger partial charge in [-0.05, 0) is 55.6 Å². The Morgan fingerprint density at radius 1 is 1.36 bits per heavy atom. The summed E-state index contributed by atoms with van der Waals surface area (Å²) in [5.74, 6) is 0.557. The second-order valence-electron chi connectivity index (χ2n) is 5.42. The first-order chi connectivity index (χ1) is 10.0. The van der Waals surface area contributed by atoms with Crippen molar-refractivity contribution in [2.45, 2.75) is 25.4 Å². The van der Waals surface area contributed by atoms with Gasteiger partial charge in [-0.15, -0.1) is 12.4 Å². The summed E-state index contributed by atoms with van der Waals surface area (Å²) in [6, 6.07) is 4.90. The van der Waals surface area contributed by atoms with Crippen molar-refractivity contribution in [1.82, 2.24) is 10.6 Å². The summed E-state index contributed by atoms with van der Waals surface area (Å²) in [5, 5.41) is 17.0. The van der Waals surface area contributed by atoms with Crippen LogP contribution < -0.4 is 10.6 Å². The Morgan fingerprint density at radius 2 is 2.05 bits per heavy atom. The van der Waals surface area contributed by atoms with Crippen LogP contribution in [-0.2, 0) is 4.79 Å². The van der Waals surface area contributed by atoms with Gasteiger partial charge in [-0.25, -0.2) is 0 Å². The molecule has 0 saturated carbocycles. The highest BCUT2D eigenvalue weighted by Crippen LogP contribution is 2.23. The zero-order chi connectivity index (χ0) is 15.2. The van der Waals surface area contributed by atoms with E-state index in [0.29, 0.717) is 27.9 Å². The zero-order valence-corrected chi connectivity index (χ0v) is 14.5. The van der Waals surface area contributed by atoms with Crippen LogP contribution in [0.5, 0.6) is 0 Å². The van der Waals surface area contributed by atoms with E-state index >= 15 is 0 Å². The lowest BCUT2D eigenvalue weighted by atomic mass is 10.0. The predicted octanol–water partition coefficient (Wildman–Crippen LogP) is 2.95. The van der Waals surface area contributed by atoms with Crippen LogP contribution in [0.1, 0.15) is 30.9 Å². The molecule has 3 N–H and O–H groups in total. The molecule has 1 aliphatic heterocycles. The van der Waals surface area contributed by atoms with Gasteiger partial charge in [0.25, 0.3) is 0 Å². The van der Waals surface area contributed by atoms with Crippen molar-refractivity contribution in [2.24, 2.45) is 5.92 Å². The van der Waals surface area contributed by atoms with Crippen molar-refractivity contribution >= 4 is 41.5 Å². The Morgan fingerprint density at radius 3 is 2.64 bits per heavy atom. The fourth-order valence-corrected chi connectivity index (χ4v) is 3.02. The minimum absolute atomic E-state index is 0. The number of rotatable bonds is 6. The first-order valence-corrected chi connectivity index (χ1v) is 7.91. The van der Waals surface area contributed by atoms with E-state index < -0.39 is 6.10 Å². The van der Waals surface area contributed by atoms with Crippen molar-refractivity contribution < 1.29 is 9.90 Å². The number of amides is 1. The second kappa shape index (κ2) is 9.58. The van der Waals surface area contributed by atoms with E-state index in [0.717, 1.165) is 25.9 Å². The lowest BCUT2D eigenvalue weighted by molar-refractivity contribution is -0.121. The summed E-state index contributed by atoms with van der Waals surface area (Å²) in [5.41, 5.74) is 0.604. The van der Waals surface area contributed by atoms with Crippen molar-refractivity contribution in [2.75, 3.05) is 19.6 Å². The summed E-state index contributed by atoms with van der Waals surface area (Å²) in [6.45, 7) is 2.20. The first-order valence-electron chi connectivity index (χ1n) is 7.16. The van der Waals surface area contributed by atoms with Gasteiger partial charge >= 0.3 is 0 Å². The number of aliphatic hydroxyl groups excluding tert-OH is 1. The number of aliphatic hydroxyl groups is 1. The molecule has 2 atom stereocenters. The van der Waals surface area contributed by atoms with Crippen molar-refractivity contribution in [3.63, 3.8) is 0 Å². The van der Waals surface area contributed by atoms with Crippen molar-refractivity contribution in [3.05, 3.63) is 33.8 Å². The zero-order valence-electron chi connectivity index (χ0n) is 12.1. The number of hydrogen-bond acceptors (Lipinski definition) is 3. The van der Waals surface area contributed by atoms with Gasteiger partial charge < -0.3 is 15.7 Å². The Balaban J connectivity index is 0.00000242. The third-order valence-electron chi connectivity index (χ3n) is 3.70. The van der Waals surface area contributed by atoms with E-state index in [4.69, 9.17) is 23.2 Å². The fourth-order valence-electron chi connectivity index (χ4n) is 2.48. The Bertz CT molecular complexity index is 473. The van der Waals surface area contributed by atoms with Gasteiger partial charge in [-0.3, -0.25) is 4.79 Å². The third kappa shape index (κ3) is 6.31. The smallest absolute Gasteiger partial charge is 0.220 e. The van der Waals surface area contributed by atoms with E-state index in [2.05, 4.69) is 10.6 Å². The molecule has 1 amide bonds. The lowest BCUT2D eigenvalue weighted by Gasteiger charge is -2.14. The molecule has 7 heteroatoms. The standard InChI is InChI=1S/C15H20Cl2N2O2.ClH/c16-12-5-11(6-13(17)7-12)14(20)9-19-15(21)2-1-10-3-4-18-8-10;/h5-7,10,14,18,20H,1-4,8-9H2,(H,19,21);1H. The molecule has 0 aliphatic carbocycles. The minimum Gasteiger partial charge on any atom is -0.387 e. The number of halogens is 3. The van der Waals surface area contributed by atoms with Crippen molar-refractivity contribution in [1.29, 1.82) is 0 Å². The van der Waals surface area contributed by atoms with Crippen LogP contribution in [0.4, 0.5) is 0 Å². The molecule has 2 rings (SSSR count). The van der Waals surface area contributed by atoms with Gasteiger partial charge in [0, 0.05) is 23.0 Å². The molecule has 1 aromatic rings. The maximum Gasteiger partial charge on any atom is 0.220 e. The average Bonchev–Trinajstić information content (AvgIpc) is 2.94. The molecule has 0 aromatic heterocycles. The number of benzene rings is 1. The molecule has 124 valence electrons. The normalized spacial score (nSPS) is 18.6. The van der Waals surface area contributed by atoms with Crippen LogP contribution in [0.2, 0.25) is 10.0 Å². The predicted molar refractivity (Wildman–Crippen MR) is 91.9 cm³/mol. The van der Waals surface area contributed by atoms with E-state index in [1.54, 1.807) is 18.2 Å². The van der Waals surface area contributed by atoms with E-state index in [1.165, 1.54) is 0 Å². The maximum atomic E-state index is 11.8. The van der Waals surface area contributed by atoms with Gasteiger partial charge in [0.2, 0.25) is 5.91 Å². The first kappa shape index (κ1) is 19.5. The molecule has 0 bridgehead atoms. The SMILES string of the molecule is Cl.O=C(CCC1CCNC1)NCC(O)c1cc(Cl)cc(Cl)c1. The topological polar surface area (TPSA) is 61.4 Å². The molecule has 1 aromatic carbocycles. The highest BCUT2D eigenvalue weighted by Gasteiger charge is 2.16. The molecule has 2 unspecified atom stereocenters. The molecule has 1 aliphatic rings. The van der Waals surface area contributed by atoms with Crippen LogP contribution in [0.15, 0.2) is 18.2 Å². The van der Waals surface area contributed by atoms with Gasteiger partial charge in [0.1, 0.15) is 0 Å². The summed E-state index contributed by atoms with van der Waals surface area (Å²) < 4.78 is 0. The molecule has 0 spiro atoms. The number of carbonyl (C=O) groups is 1. The third-order valence-corrected chi connectivity index (χ3v) is 4.14. The molecular weight excluding hydrogens is 347 g/mol. The van der Waals surface area contributed by atoms with E-state index in [-0.39, 0.29) is 24.9 Å². The number of hydrogen-bond donors (Lipinski definition) is 3. The molecule has 0 radical (unpaired) electrons. The number of nitrogens with one attached hydrogen (secondary N) is 2. The molecule has 4 nitrogen and oxygen atoms in total. The van der Waals surface area contributed by atoms with Gasteiger partial charge in [-0.2, -0.15) is 0 Å².